The third-order valence-corrected chi connectivity index (χ3v) is 1.43. The molecule has 0 aliphatic rings. The zero-order valence-corrected chi connectivity index (χ0v) is 6.42. The molecule has 0 heterocycles. The zero-order chi connectivity index (χ0) is 7.28. The van der Waals surface area contributed by atoms with Crippen molar-refractivity contribution in [2.75, 3.05) is 6.79 Å². The van der Waals surface area contributed by atoms with Gasteiger partial charge in [-0.05, 0) is 12.3 Å². The Morgan fingerprint density at radius 1 is 1.44 bits per heavy atom. The van der Waals surface area contributed by atoms with Crippen molar-refractivity contribution in [3.8, 4) is 0 Å². The fourth-order valence-electron chi connectivity index (χ4n) is 0.877. The van der Waals surface area contributed by atoms with Crippen LogP contribution in [0.2, 0.25) is 0 Å². The molecule has 9 heavy (non-hydrogen) atoms. The average Bonchev–Trinajstić information content (AvgIpc) is 1.82. The third kappa shape index (κ3) is 3.49. The van der Waals surface area contributed by atoms with Gasteiger partial charge in [0.05, 0.1) is 6.10 Å². The molecule has 0 aromatic carbocycles. The molecule has 56 valence electrons. The summed E-state index contributed by atoms with van der Waals surface area (Å²) in [5.41, 5.74) is 0. The van der Waals surface area contributed by atoms with E-state index < -0.39 is 0 Å². The van der Waals surface area contributed by atoms with Crippen LogP contribution in [0.3, 0.4) is 0 Å². The molecule has 0 saturated carbocycles. The minimum Gasteiger partial charge on any atom is -0.371 e. The number of aliphatic hydroxyl groups is 1. The minimum atomic E-state index is -0.156. The van der Waals surface area contributed by atoms with Crippen LogP contribution in [0.4, 0.5) is 0 Å². The SMILES string of the molecule is CC[C@@H](OCO)C(C)C. The van der Waals surface area contributed by atoms with E-state index in [0.717, 1.165) is 6.42 Å². The van der Waals surface area contributed by atoms with Crippen molar-refractivity contribution in [1.29, 1.82) is 0 Å². The Morgan fingerprint density at radius 3 is 2.11 bits per heavy atom. The van der Waals surface area contributed by atoms with Crippen LogP contribution in [0.5, 0.6) is 0 Å². The first kappa shape index (κ1) is 8.92. The van der Waals surface area contributed by atoms with Crippen molar-refractivity contribution in [2.45, 2.75) is 33.3 Å². The smallest absolute Gasteiger partial charge is 0.143 e. The Hall–Kier alpha value is -0.0800. The molecule has 1 atom stereocenters. The van der Waals surface area contributed by atoms with Crippen molar-refractivity contribution in [3.05, 3.63) is 0 Å². The lowest BCUT2D eigenvalue weighted by atomic mass is 10.1. The number of hydrogen-bond acceptors (Lipinski definition) is 2. The molecular formula is C7H16O2. The Balaban J connectivity index is 3.41. The number of hydrogen-bond donors (Lipinski definition) is 1. The quantitative estimate of drug-likeness (QED) is 0.586. The summed E-state index contributed by atoms with van der Waals surface area (Å²) in [5, 5.41) is 8.39. The number of aliphatic hydroxyl groups excluding tert-OH is 1. The van der Waals surface area contributed by atoms with Crippen molar-refractivity contribution in [2.24, 2.45) is 5.92 Å². The lowest BCUT2D eigenvalue weighted by molar-refractivity contribution is -0.0685. The van der Waals surface area contributed by atoms with E-state index in [-0.39, 0.29) is 12.9 Å². The molecule has 1 N–H and O–H groups in total. The Morgan fingerprint density at radius 2 is 2.00 bits per heavy atom. The van der Waals surface area contributed by atoms with Gasteiger partial charge in [-0.15, -0.1) is 0 Å². The maximum absolute atomic E-state index is 8.39. The molecule has 0 amide bonds. The first-order valence-corrected chi connectivity index (χ1v) is 3.44. The summed E-state index contributed by atoms with van der Waals surface area (Å²) < 4.78 is 5.01. The van der Waals surface area contributed by atoms with Gasteiger partial charge in [-0.3, -0.25) is 0 Å². The molecule has 0 aliphatic carbocycles. The van der Waals surface area contributed by atoms with Crippen LogP contribution < -0.4 is 0 Å². The lowest BCUT2D eigenvalue weighted by Crippen LogP contribution is -2.18. The Labute approximate surface area is 56.8 Å². The fraction of sp³-hybridized carbons (Fsp3) is 1.00. The zero-order valence-electron chi connectivity index (χ0n) is 6.42. The van der Waals surface area contributed by atoms with E-state index in [1.165, 1.54) is 0 Å². The van der Waals surface area contributed by atoms with Gasteiger partial charge in [0.1, 0.15) is 6.79 Å². The monoisotopic (exact) mass is 132 g/mol. The number of ether oxygens (including phenoxy) is 1. The third-order valence-electron chi connectivity index (χ3n) is 1.43. The van der Waals surface area contributed by atoms with Gasteiger partial charge in [0.2, 0.25) is 0 Å². The average molecular weight is 132 g/mol. The molecule has 0 radical (unpaired) electrons. The summed E-state index contributed by atoms with van der Waals surface area (Å²) in [4.78, 5) is 0. The van der Waals surface area contributed by atoms with Crippen LogP contribution in [0.15, 0.2) is 0 Å². The molecule has 0 spiro atoms. The van der Waals surface area contributed by atoms with Gasteiger partial charge in [-0.25, -0.2) is 0 Å². The molecular weight excluding hydrogens is 116 g/mol. The molecule has 0 unspecified atom stereocenters. The first-order chi connectivity index (χ1) is 4.22. The predicted molar refractivity (Wildman–Crippen MR) is 37.1 cm³/mol. The largest absolute Gasteiger partial charge is 0.371 e. The van der Waals surface area contributed by atoms with Crippen molar-refractivity contribution in [3.63, 3.8) is 0 Å². The molecule has 0 fully saturated rings. The van der Waals surface area contributed by atoms with E-state index in [4.69, 9.17) is 9.84 Å². The topological polar surface area (TPSA) is 29.5 Å². The summed E-state index contributed by atoms with van der Waals surface area (Å²) >= 11 is 0. The normalized spacial score (nSPS) is 14.3. The summed E-state index contributed by atoms with van der Waals surface area (Å²) in [5.74, 6) is 0.502. The maximum atomic E-state index is 8.39. The van der Waals surface area contributed by atoms with Gasteiger partial charge in [-0.2, -0.15) is 0 Å². The van der Waals surface area contributed by atoms with E-state index in [0.29, 0.717) is 5.92 Å². The van der Waals surface area contributed by atoms with Crippen LogP contribution in [0.25, 0.3) is 0 Å². The van der Waals surface area contributed by atoms with Crippen LogP contribution in [-0.2, 0) is 4.74 Å². The minimum absolute atomic E-state index is 0.156. The highest BCUT2D eigenvalue weighted by Gasteiger charge is 2.09. The van der Waals surface area contributed by atoms with Crippen LogP contribution in [0, 0.1) is 5.92 Å². The number of rotatable bonds is 4. The molecule has 0 aliphatic heterocycles. The van der Waals surface area contributed by atoms with E-state index in [2.05, 4.69) is 20.8 Å². The summed E-state index contributed by atoms with van der Waals surface area (Å²) in [6.45, 7) is 6.07. The second-order valence-corrected chi connectivity index (χ2v) is 2.49. The second-order valence-electron chi connectivity index (χ2n) is 2.49. The van der Waals surface area contributed by atoms with E-state index in [1.54, 1.807) is 0 Å². The van der Waals surface area contributed by atoms with E-state index in [1.807, 2.05) is 0 Å². The molecule has 0 bridgehead atoms. The molecule has 0 aromatic rings. The fourth-order valence-corrected chi connectivity index (χ4v) is 0.877. The van der Waals surface area contributed by atoms with E-state index in [9.17, 15) is 0 Å². The highest BCUT2D eigenvalue weighted by Crippen LogP contribution is 2.08. The first-order valence-electron chi connectivity index (χ1n) is 3.44. The molecule has 2 heteroatoms. The van der Waals surface area contributed by atoms with Gasteiger partial charge in [0.25, 0.3) is 0 Å². The van der Waals surface area contributed by atoms with Crippen molar-refractivity contribution in [1.82, 2.24) is 0 Å². The summed E-state index contributed by atoms with van der Waals surface area (Å²) in [7, 11) is 0. The highest BCUT2D eigenvalue weighted by molar-refractivity contribution is 4.57. The maximum Gasteiger partial charge on any atom is 0.143 e. The van der Waals surface area contributed by atoms with Crippen LogP contribution in [0.1, 0.15) is 27.2 Å². The molecule has 2 nitrogen and oxygen atoms in total. The summed E-state index contributed by atoms with van der Waals surface area (Å²) in [6, 6.07) is 0. The molecule has 0 saturated heterocycles. The highest BCUT2D eigenvalue weighted by atomic mass is 16.6. The lowest BCUT2D eigenvalue weighted by Gasteiger charge is -2.17. The van der Waals surface area contributed by atoms with Gasteiger partial charge >= 0.3 is 0 Å². The summed E-state index contributed by atoms with van der Waals surface area (Å²) in [6.07, 6.45) is 1.19. The van der Waals surface area contributed by atoms with Crippen molar-refractivity contribution < 1.29 is 9.84 Å². The molecule has 0 aromatic heterocycles. The van der Waals surface area contributed by atoms with Gasteiger partial charge in [0.15, 0.2) is 0 Å². The van der Waals surface area contributed by atoms with Crippen molar-refractivity contribution >= 4 is 0 Å². The van der Waals surface area contributed by atoms with E-state index >= 15 is 0 Å². The Bertz CT molecular complexity index is 61.9. The Kier molecular flexibility index (Phi) is 4.72. The van der Waals surface area contributed by atoms with Gasteiger partial charge < -0.3 is 9.84 Å². The molecule has 0 rings (SSSR count). The van der Waals surface area contributed by atoms with Crippen LogP contribution in [-0.4, -0.2) is 18.0 Å². The predicted octanol–water partition coefficient (Wildman–Crippen LogP) is 1.39. The standard InChI is InChI=1S/C7H16O2/c1-4-7(6(2)3)9-5-8/h6-8H,4-5H2,1-3H3/t7-/m1/s1. The van der Waals surface area contributed by atoms with Gasteiger partial charge in [0, 0.05) is 0 Å². The van der Waals surface area contributed by atoms with Crippen LogP contribution >= 0.6 is 0 Å². The van der Waals surface area contributed by atoms with Gasteiger partial charge in [-0.1, -0.05) is 20.8 Å². The second kappa shape index (κ2) is 4.77.